The summed E-state index contributed by atoms with van der Waals surface area (Å²) in [6.07, 6.45) is 6.99. The SMILES string of the molecule is C1=c2c(n(-c3ccccc3)c3ccc(-c4cccc(-c5ccc6c7ccccc7c7ccccc7c6c5)c4)cc23)=CCC1. The van der Waals surface area contributed by atoms with Crippen LogP contribution in [0.4, 0.5) is 0 Å². The molecule has 202 valence electrons. The highest BCUT2D eigenvalue weighted by molar-refractivity contribution is 6.25. The fourth-order valence-electron chi connectivity index (χ4n) is 7.20. The Morgan fingerprint density at radius 2 is 0.907 bits per heavy atom. The van der Waals surface area contributed by atoms with Crippen LogP contribution in [0.3, 0.4) is 0 Å². The van der Waals surface area contributed by atoms with Gasteiger partial charge in [0.2, 0.25) is 0 Å². The summed E-state index contributed by atoms with van der Waals surface area (Å²) in [4.78, 5) is 0. The van der Waals surface area contributed by atoms with Crippen molar-refractivity contribution < 1.29 is 0 Å². The Bertz CT molecular complexity index is 2460. The molecule has 43 heavy (non-hydrogen) atoms. The molecule has 8 aromatic rings. The molecule has 1 aliphatic carbocycles. The van der Waals surface area contributed by atoms with Gasteiger partial charge in [0.25, 0.3) is 0 Å². The van der Waals surface area contributed by atoms with Crippen molar-refractivity contribution in [2.24, 2.45) is 0 Å². The lowest BCUT2D eigenvalue weighted by atomic mass is 9.91. The molecule has 0 atom stereocenters. The third-order valence-corrected chi connectivity index (χ3v) is 9.19. The fraction of sp³-hybridized carbons (Fsp3) is 0.0476. The predicted octanol–water partition coefficient (Wildman–Crippen LogP) is 9.78. The Kier molecular flexibility index (Phi) is 5.39. The van der Waals surface area contributed by atoms with Gasteiger partial charge in [0.15, 0.2) is 0 Å². The van der Waals surface area contributed by atoms with Gasteiger partial charge in [-0.05, 0) is 104 Å². The second-order valence-electron chi connectivity index (χ2n) is 11.6. The van der Waals surface area contributed by atoms with Gasteiger partial charge in [0.1, 0.15) is 0 Å². The van der Waals surface area contributed by atoms with Crippen molar-refractivity contribution in [3.8, 4) is 27.9 Å². The molecular formula is C42H29N. The number of aromatic nitrogens is 1. The fourth-order valence-corrected chi connectivity index (χ4v) is 7.20. The van der Waals surface area contributed by atoms with E-state index in [0.717, 1.165) is 12.8 Å². The van der Waals surface area contributed by atoms with Gasteiger partial charge in [-0.3, -0.25) is 0 Å². The minimum absolute atomic E-state index is 1.09. The summed E-state index contributed by atoms with van der Waals surface area (Å²) < 4.78 is 2.42. The van der Waals surface area contributed by atoms with Gasteiger partial charge in [-0.2, -0.15) is 0 Å². The van der Waals surface area contributed by atoms with Gasteiger partial charge in [-0.25, -0.2) is 0 Å². The summed E-state index contributed by atoms with van der Waals surface area (Å²) in [5, 5.41) is 11.8. The van der Waals surface area contributed by atoms with Crippen LogP contribution in [0, 0.1) is 0 Å². The van der Waals surface area contributed by atoms with Gasteiger partial charge >= 0.3 is 0 Å². The largest absolute Gasteiger partial charge is 0.310 e. The molecule has 1 heterocycles. The van der Waals surface area contributed by atoms with E-state index in [2.05, 4.69) is 156 Å². The zero-order valence-corrected chi connectivity index (χ0v) is 23.8. The Morgan fingerprint density at radius 1 is 0.372 bits per heavy atom. The van der Waals surface area contributed by atoms with E-state index in [1.807, 2.05) is 0 Å². The molecule has 0 N–H and O–H groups in total. The maximum atomic E-state index is 2.42. The molecule has 1 aromatic heterocycles. The average Bonchev–Trinajstić information content (AvgIpc) is 3.42. The third kappa shape index (κ3) is 3.78. The standard InChI is InChI=1S/C42H29N/c1-2-13-32(14-3-1)43-41-20-9-8-19-38(41)40-27-31(22-24-42(40)43)29-12-10-11-28(25-29)30-21-23-37-35-17-5-4-15-33(35)34-16-6-7-18-36(34)39(37)26-30/h1-7,10-27H,8-9H2. The molecule has 0 unspecified atom stereocenters. The normalized spacial score (nSPS) is 12.8. The van der Waals surface area contributed by atoms with Gasteiger partial charge in [-0.1, -0.05) is 115 Å². The molecule has 0 saturated heterocycles. The van der Waals surface area contributed by atoms with Crippen molar-refractivity contribution in [1.29, 1.82) is 0 Å². The first-order valence-electron chi connectivity index (χ1n) is 15.2. The highest BCUT2D eigenvalue weighted by Gasteiger charge is 2.14. The van der Waals surface area contributed by atoms with E-state index in [1.54, 1.807) is 0 Å². The number of fused-ring (bicyclic) bond motifs is 9. The number of benzene rings is 7. The molecule has 0 aliphatic heterocycles. The molecule has 1 aliphatic rings. The van der Waals surface area contributed by atoms with Gasteiger partial charge in [0, 0.05) is 21.6 Å². The Balaban J connectivity index is 1.21. The van der Waals surface area contributed by atoms with Crippen molar-refractivity contribution in [2.45, 2.75) is 12.8 Å². The summed E-state index contributed by atoms with van der Waals surface area (Å²) in [6.45, 7) is 0. The van der Waals surface area contributed by atoms with Crippen molar-refractivity contribution in [2.75, 3.05) is 0 Å². The summed E-state index contributed by atoms with van der Waals surface area (Å²) in [6, 6.07) is 51.3. The van der Waals surface area contributed by atoms with E-state index in [9.17, 15) is 0 Å². The molecule has 0 saturated carbocycles. The zero-order valence-electron chi connectivity index (χ0n) is 23.8. The Hall–Kier alpha value is -5.40. The summed E-state index contributed by atoms with van der Waals surface area (Å²) in [5.74, 6) is 0. The molecule has 0 bridgehead atoms. The lowest BCUT2D eigenvalue weighted by Crippen LogP contribution is -2.30. The van der Waals surface area contributed by atoms with E-state index in [1.165, 1.54) is 81.7 Å². The molecule has 7 aromatic carbocycles. The van der Waals surface area contributed by atoms with Crippen LogP contribution in [0.2, 0.25) is 0 Å². The number of nitrogens with zero attached hydrogens (tertiary/aromatic N) is 1. The predicted molar refractivity (Wildman–Crippen MR) is 184 cm³/mol. The monoisotopic (exact) mass is 547 g/mol. The van der Waals surface area contributed by atoms with Crippen LogP contribution in [-0.2, 0) is 0 Å². The minimum Gasteiger partial charge on any atom is -0.310 e. The van der Waals surface area contributed by atoms with Crippen LogP contribution in [-0.4, -0.2) is 4.57 Å². The van der Waals surface area contributed by atoms with E-state index >= 15 is 0 Å². The molecule has 0 fully saturated rings. The lowest BCUT2D eigenvalue weighted by molar-refractivity contribution is 1.02. The quantitative estimate of drug-likeness (QED) is 0.194. The molecule has 1 heteroatoms. The van der Waals surface area contributed by atoms with Crippen molar-refractivity contribution >= 4 is 55.4 Å². The number of para-hydroxylation sites is 1. The third-order valence-electron chi connectivity index (χ3n) is 9.19. The van der Waals surface area contributed by atoms with Gasteiger partial charge in [0.05, 0.1) is 5.52 Å². The smallest absolute Gasteiger partial charge is 0.0541 e. The van der Waals surface area contributed by atoms with Crippen LogP contribution < -0.4 is 10.6 Å². The minimum atomic E-state index is 1.09. The summed E-state index contributed by atoms with van der Waals surface area (Å²) in [7, 11) is 0. The maximum absolute atomic E-state index is 2.42. The van der Waals surface area contributed by atoms with E-state index in [0.29, 0.717) is 0 Å². The van der Waals surface area contributed by atoms with Crippen molar-refractivity contribution in [3.63, 3.8) is 0 Å². The van der Waals surface area contributed by atoms with Crippen LogP contribution in [0.1, 0.15) is 12.8 Å². The molecule has 0 amide bonds. The Morgan fingerprint density at radius 3 is 1.60 bits per heavy atom. The zero-order chi connectivity index (χ0) is 28.3. The summed E-state index contributed by atoms with van der Waals surface area (Å²) >= 11 is 0. The maximum Gasteiger partial charge on any atom is 0.0541 e. The molecule has 0 spiro atoms. The van der Waals surface area contributed by atoms with Gasteiger partial charge in [-0.15, -0.1) is 0 Å². The van der Waals surface area contributed by atoms with Crippen LogP contribution >= 0.6 is 0 Å². The van der Waals surface area contributed by atoms with Crippen molar-refractivity contribution in [3.05, 3.63) is 150 Å². The van der Waals surface area contributed by atoms with Gasteiger partial charge < -0.3 is 4.57 Å². The highest BCUT2D eigenvalue weighted by Crippen LogP contribution is 2.37. The average molecular weight is 548 g/mol. The second kappa shape index (κ2) is 9.58. The first-order valence-corrected chi connectivity index (χ1v) is 15.2. The highest BCUT2D eigenvalue weighted by atomic mass is 15.0. The number of hydrogen-bond donors (Lipinski definition) is 0. The van der Waals surface area contributed by atoms with E-state index in [-0.39, 0.29) is 0 Å². The first-order chi connectivity index (χ1) is 21.3. The number of hydrogen-bond acceptors (Lipinski definition) is 0. The van der Waals surface area contributed by atoms with E-state index < -0.39 is 0 Å². The molecule has 9 rings (SSSR count). The lowest BCUT2D eigenvalue weighted by Gasteiger charge is -2.12. The van der Waals surface area contributed by atoms with Crippen LogP contribution in [0.25, 0.3) is 83.3 Å². The number of rotatable bonds is 3. The van der Waals surface area contributed by atoms with Crippen LogP contribution in [0.5, 0.6) is 0 Å². The topological polar surface area (TPSA) is 4.93 Å². The molecular weight excluding hydrogens is 518 g/mol. The van der Waals surface area contributed by atoms with E-state index in [4.69, 9.17) is 0 Å². The molecule has 0 radical (unpaired) electrons. The second-order valence-corrected chi connectivity index (χ2v) is 11.6. The van der Waals surface area contributed by atoms with Crippen molar-refractivity contribution in [1.82, 2.24) is 4.57 Å². The first kappa shape index (κ1) is 24.2. The summed E-state index contributed by atoms with van der Waals surface area (Å²) in [5.41, 5.74) is 7.44. The Labute approximate surface area is 250 Å². The van der Waals surface area contributed by atoms with Crippen LogP contribution in [0.15, 0.2) is 140 Å². The molecule has 1 nitrogen and oxygen atoms in total.